The molecule has 0 atom stereocenters. The fraction of sp³-hybridized carbons (Fsp3) is 0.467. The molecule has 0 fully saturated rings. The van der Waals surface area contributed by atoms with Crippen molar-refractivity contribution in [3.63, 3.8) is 0 Å². The number of hydrogen-bond acceptors (Lipinski definition) is 4. The Kier molecular flexibility index (Phi) is 4.20. The molecule has 4 nitrogen and oxygen atoms in total. The number of carbonyl (C=O) groups excluding carboxylic acids is 1. The minimum atomic E-state index is -0.0139. The van der Waals surface area contributed by atoms with Gasteiger partial charge in [0, 0.05) is 0 Å². The Bertz CT molecular complexity index is 506. The monoisotopic (exact) mass is 261 g/mol. The highest BCUT2D eigenvalue weighted by atomic mass is 16.5. The molecule has 0 radical (unpaired) electrons. The first kappa shape index (κ1) is 13.6. The van der Waals surface area contributed by atoms with Crippen molar-refractivity contribution in [1.29, 1.82) is 0 Å². The third-order valence-electron chi connectivity index (χ3n) is 3.15. The summed E-state index contributed by atoms with van der Waals surface area (Å²) in [6.07, 6.45) is 0.206. The van der Waals surface area contributed by atoms with Crippen LogP contribution in [-0.2, 0) is 4.74 Å². The summed E-state index contributed by atoms with van der Waals surface area (Å²) >= 11 is 0. The molecule has 0 aromatic heterocycles. The first-order valence-corrected chi connectivity index (χ1v) is 6.49. The minimum Gasteiger partial charge on any atom is -0.496 e. The molecule has 0 spiro atoms. The summed E-state index contributed by atoms with van der Waals surface area (Å²) in [5.74, 6) is 1.49. The lowest BCUT2D eigenvalue weighted by Crippen LogP contribution is -2.10. The second-order valence-electron chi connectivity index (χ2n) is 4.84. The van der Waals surface area contributed by atoms with Crippen LogP contribution in [0, 0.1) is 0 Å². The molecule has 4 heteroatoms. The van der Waals surface area contributed by atoms with Crippen LogP contribution in [0.25, 0.3) is 0 Å². The van der Waals surface area contributed by atoms with E-state index >= 15 is 0 Å². The molecule has 1 aromatic rings. The van der Waals surface area contributed by atoms with Crippen LogP contribution in [0.1, 0.15) is 42.1 Å². The Hall–Kier alpha value is -1.84. The Labute approximate surface area is 113 Å². The summed E-state index contributed by atoms with van der Waals surface area (Å²) in [7, 11) is 1.57. The molecule has 0 saturated heterocycles. The molecule has 1 aliphatic rings. The van der Waals surface area contributed by atoms with Gasteiger partial charge in [-0.25, -0.2) is 0 Å². The van der Waals surface area contributed by atoms with E-state index in [2.05, 4.69) is 18.8 Å². The lowest BCUT2D eigenvalue weighted by atomic mass is 9.97. The van der Waals surface area contributed by atoms with Crippen molar-refractivity contribution >= 4 is 11.7 Å². The Morgan fingerprint density at radius 3 is 2.84 bits per heavy atom. The average molecular weight is 261 g/mol. The van der Waals surface area contributed by atoms with Gasteiger partial charge < -0.3 is 9.47 Å². The second kappa shape index (κ2) is 5.87. The number of Topliss-reactive ketones (excluding diaryl/α,β-unsaturated/α-hetero) is 1. The van der Waals surface area contributed by atoms with Gasteiger partial charge in [0.2, 0.25) is 0 Å². The van der Waals surface area contributed by atoms with Crippen molar-refractivity contribution in [1.82, 2.24) is 0 Å². The van der Waals surface area contributed by atoms with Gasteiger partial charge in [-0.05, 0) is 23.6 Å². The third kappa shape index (κ3) is 3.13. The highest BCUT2D eigenvalue weighted by molar-refractivity contribution is 6.09. The SMILES string of the molecule is COc1ccc(C(C)C)cc1C(=O)CC1=NCCO1. The highest BCUT2D eigenvalue weighted by Crippen LogP contribution is 2.25. The standard InChI is InChI=1S/C15H19NO3/c1-10(2)11-4-5-14(18-3)12(8-11)13(17)9-15-16-6-7-19-15/h4-5,8,10H,6-7,9H2,1-3H3. The average Bonchev–Trinajstić information content (AvgIpc) is 2.90. The fourth-order valence-corrected chi connectivity index (χ4v) is 2.02. The van der Waals surface area contributed by atoms with Gasteiger partial charge in [-0.3, -0.25) is 9.79 Å². The second-order valence-corrected chi connectivity index (χ2v) is 4.84. The molecular formula is C15H19NO3. The molecule has 2 rings (SSSR count). The highest BCUT2D eigenvalue weighted by Gasteiger charge is 2.18. The zero-order valence-corrected chi connectivity index (χ0v) is 11.6. The Morgan fingerprint density at radius 1 is 1.47 bits per heavy atom. The maximum absolute atomic E-state index is 12.3. The van der Waals surface area contributed by atoms with Crippen LogP contribution in [0.2, 0.25) is 0 Å². The van der Waals surface area contributed by atoms with Crippen molar-refractivity contribution in [2.24, 2.45) is 4.99 Å². The summed E-state index contributed by atoms with van der Waals surface area (Å²) in [6, 6.07) is 5.74. The number of benzene rings is 1. The summed E-state index contributed by atoms with van der Waals surface area (Å²) < 4.78 is 10.5. The smallest absolute Gasteiger partial charge is 0.191 e. The summed E-state index contributed by atoms with van der Waals surface area (Å²) in [5, 5.41) is 0. The molecule has 0 unspecified atom stereocenters. The number of ketones is 1. The van der Waals surface area contributed by atoms with E-state index in [9.17, 15) is 4.79 Å². The maximum Gasteiger partial charge on any atom is 0.191 e. The van der Waals surface area contributed by atoms with Crippen molar-refractivity contribution in [3.05, 3.63) is 29.3 Å². The van der Waals surface area contributed by atoms with Crippen molar-refractivity contribution in [2.45, 2.75) is 26.2 Å². The Morgan fingerprint density at radius 2 is 2.26 bits per heavy atom. The number of rotatable bonds is 5. The van der Waals surface area contributed by atoms with Crippen LogP contribution in [0.3, 0.4) is 0 Å². The molecule has 19 heavy (non-hydrogen) atoms. The fourth-order valence-electron chi connectivity index (χ4n) is 2.02. The molecule has 0 saturated carbocycles. The topological polar surface area (TPSA) is 47.9 Å². The number of methoxy groups -OCH3 is 1. The van der Waals surface area contributed by atoms with E-state index in [-0.39, 0.29) is 12.2 Å². The molecule has 0 aliphatic carbocycles. The van der Waals surface area contributed by atoms with Crippen LogP contribution in [0.4, 0.5) is 0 Å². The van der Waals surface area contributed by atoms with E-state index in [1.165, 1.54) is 0 Å². The van der Waals surface area contributed by atoms with Crippen LogP contribution < -0.4 is 4.74 Å². The first-order valence-electron chi connectivity index (χ1n) is 6.49. The van der Waals surface area contributed by atoms with E-state index in [1.807, 2.05) is 18.2 Å². The molecule has 102 valence electrons. The molecular weight excluding hydrogens is 242 g/mol. The zero-order chi connectivity index (χ0) is 13.8. The third-order valence-corrected chi connectivity index (χ3v) is 3.15. The minimum absolute atomic E-state index is 0.0139. The van der Waals surface area contributed by atoms with Crippen molar-refractivity contribution in [2.75, 3.05) is 20.3 Å². The van der Waals surface area contributed by atoms with E-state index in [0.717, 1.165) is 5.56 Å². The van der Waals surface area contributed by atoms with Gasteiger partial charge in [0.05, 0.1) is 25.6 Å². The summed E-state index contributed by atoms with van der Waals surface area (Å²) in [6.45, 7) is 5.41. The van der Waals surface area contributed by atoms with E-state index < -0.39 is 0 Å². The molecule has 0 amide bonds. The lowest BCUT2D eigenvalue weighted by Gasteiger charge is -2.12. The van der Waals surface area contributed by atoms with Gasteiger partial charge in [0.25, 0.3) is 0 Å². The predicted molar refractivity (Wildman–Crippen MR) is 74.3 cm³/mol. The molecule has 1 aliphatic heterocycles. The van der Waals surface area contributed by atoms with Crippen LogP contribution in [0.5, 0.6) is 5.75 Å². The maximum atomic E-state index is 12.3. The summed E-state index contributed by atoms with van der Waals surface area (Å²) in [5.41, 5.74) is 1.73. The van der Waals surface area contributed by atoms with Gasteiger partial charge >= 0.3 is 0 Å². The largest absolute Gasteiger partial charge is 0.496 e. The number of aliphatic imine (C=N–C) groups is 1. The van der Waals surface area contributed by atoms with Crippen molar-refractivity contribution < 1.29 is 14.3 Å². The van der Waals surface area contributed by atoms with E-state index in [4.69, 9.17) is 9.47 Å². The van der Waals surface area contributed by atoms with E-state index in [1.54, 1.807) is 7.11 Å². The van der Waals surface area contributed by atoms with Gasteiger partial charge in [-0.15, -0.1) is 0 Å². The van der Waals surface area contributed by atoms with Crippen LogP contribution in [-0.4, -0.2) is 31.9 Å². The Balaban J connectivity index is 2.25. The van der Waals surface area contributed by atoms with Crippen molar-refractivity contribution in [3.8, 4) is 5.75 Å². The molecule has 0 bridgehead atoms. The van der Waals surface area contributed by atoms with Gasteiger partial charge in [-0.1, -0.05) is 19.9 Å². The number of ether oxygens (including phenoxy) is 2. The van der Waals surface area contributed by atoms with Gasteiger partial charge in [0.1, 0.15) is 12.4 Å². The number of nitrogens with zero attached hydrogens (tertiary/aromatic N) is 1. The van der Waals surface area contributed by atoms with E-state index in [0.29, 0.717) is 36.3 Å². The quantitative estimate of drug-likeness (QED) is 0.766. The zero-order valence-electron chi connectivity index (χ0n) is 11.6. The van der Waals surface area contributed by atoms with Gasteiger partial charge in [0.15, 0.2) is 11.7 Å². The van der Waals surface area contributed by atoms with Crippen LogP contribution in [0.15, 0.2) is 23.2 Å². The lowest BCUT2D eigenvalue weighted by molar-refractivity contribution is 0.0991. The predicted octanol–water partition coefficient (Wildman–Crippen LogP) is 2.82. The normalized spacial score (nSPS) is 14.2. The number of carbonyl (C=O) groups is 1. The molecule has 1 heterocycles. The molecule has 1 aromatic carbocycles. The number of hydrogen-bond donors (Lipinski definition) is 0. The summed E-state index contributed by atoms with van der Waals surface area (Å²) in [4.78, 5) is 16.5. The molecule has 0 N–H and O–H groups in total. The van der Waals surface area contributed by atoms with Gasteiger partial charge in [-0.2, -0.15) is 0 Å². The first-order chi connectivity index (χ1) is 9.11. The van der Waals surface area contributed by atoms with Crippen LogP contribution >= 0.6 is 0 Å².